The smallest absolute Gasteiger partial charge is 0.335 e. The Balaban J connectivity index is 1.73. The highest BCUT2D eigenvalue weighted by Gasteiger charge is 2.30. The molecule has 0 aliphatic rings. The van der Waals surface area contributed by atoms with Crippen molar-refractivity contribution in [2.24, 2.45) is 5.92 Å². The van der Waals surface area contributed by atoms with Crippen LogP contribution in [0.15, 0.2) is 78.9 Å². The third kappa shape index (κ3) is 11.9. The molecule has 3 amide bonds. The van der Waals surface area contributed by atoms with Crippen LogP contribution in [0.25, 0.3) is 0 Å². The topological polar surface area (TPSA) is 194 Å². The van der Waals surface area contributed by atoms with Gasteiger partial charge < -0.3 is 31.3 Å². The van der Waals surface area contributed by atoms with Crippen LogP contribution in [0.2, 0.25) is 0 Å². The van der Waals surface area contributed by atoms with Gasteiger partial charge in [0.05, 0.1) is 11.6 Å². The predicted octanol–water partition coefficient (Wildman–Crippen LogP) is 3.35. The molecule has 0 spiro atoms. The summed E-state index contributed by atoms with van der Waals surface area (Å²) in [6, 6.07) is 17.0. The van der Waals surface area contributed by atoms with Gasteiger partial charge in [-0.2, -0.15) is 0 Å². The standard InChI is InChI=1S/C35H42N4O8/c1-21(2)19-29(38-31(41)22(3)36-28(35(46)47)18-11-23-7-5-4-6-8-23)33(43)39-30(20-24-9-16-27(40)17-10-24)32(42)37-26-14-12-25(13-15-26)34(44)45/h4-10,12-17,21-22,28-30,36,40H,11,18-20H2,1-3H3,(H,37,42)(H,38,41)(H,39,43)(H,44,45)(H,46,47)/t22-,28+,29-,30-/m0/s1. The average molecular weight is 647 g/mol. The first-order valence-electron chi connectivity index (χ1n) is 15.4. The fourth-order valence-corrected chi connectivity index (χ4v) is 4.89. The molecule has 0 aromatic heterocycles. The van der Waals surface area contributed by atoms with Gasteiger partial charge in [0, 0.05) is 12.1 Å². The van der Waals surface area contributed by atoms with Crippen molar-refractivity contribution in [1.29, 1.82) is 0 Å². The van der Waals surface area contributed by atoms with E-state index in [-0.39, 0.29) is 36.5 Å². The number of phenolic OH excluding ortho intramolecular Hbond substituents is 1. The fraction of sp³-hybridized carbons (Fsp3) is 0.343. The Labute approximate surface area is 273 Å². The number of rotatable bonds is 17. The lowest BCUT2D eigenvalue weighted by Crippen LogP contribution is -2.57. The van der Waals surface area contributed by atoms with E-state index in [1.165, 1.54) is 43.3 Å². The van der Waals surface area contributed by atoms with E-state index in [1.54, 1.807) is 12.1 Å². The van der Waals surface area contributed by atoms with Gasteiger partial charge in [-0.3, -0.25) is 24.5 Å². The number of carbonyl (C=O) groups is 5. The van der Waals surface area contributed by atoms with E-state index >= 15 is 0 Å². The second-order valence-electron chi connectivity index (χ2n) is 11.8. The van der Waals surface area contributed by atoms with Gasteiger partial charge in [0.15, 0.2) is 0 Å². The van der Waals surface area contributed by atoms with E-state index in [0.29, 0.717) is 17.7 Å². The van der Waals surface area contributed by atoms with Crippen molar-refractivity contribution in [2.45, 2.75) is 70.6 Å². The third-order valence-electron chi connectivity index (χ3n) is 7.46. The Bertz CT molecular complexity index is 1510. The quantitative estimate of drug-likeness (QED) is 0.115. The zero-order chi connectivity index (χ0) is 34.5. The average Bonchev–Trinajstić information content (AvgIpc) is 3.03. The number of carboxylic acid groups (broad SMARTS) is 2. The molecule has 0 aliphatic carbocycles. The van der Waals surface area contributed by atoms with Crippen LogP contribution in [-0.2, 0) is 32.0 Å². The number of aromatic hydroxyl groups is 1. The first kappa shape index (κ1) is 36.2. The minimum Gasteiger partial charge on any atom is -0.508 e. The zero-order valence-corrected chi connectivity index (χ0v) is 26.6. The first-order valence-corrected chi connectivity index (χ1v) is 15.4. The molecule has 0 unspecified atom stereocenters. The zero-order valence-electron chi connectivity index (χ0n) is 26.6. The van der Waals surface area contributed by atoms with Crippen LogP contribution in [0, 0.1) is 5.92 Å². The summed E-state index contributed by atoms with van der Waals surface area (Å²) in [6.45, 7) is 5.27. The summed E-state index contributed by atoms with van der Waals surface area (Å²) in [5.41, 5.74) is 1.97. The van der Waals surface area contributed by atoms with E-state index in [1.807, 2.05) is 44.2 Å². The van der Waals surface area contributed by atoms with Crippen molar-refractivity contribution in [3.05, 3.63) is 95.6 Å². The van der Waals surface area contributed by atoms with Gasteiger partial charge in [-0.15, -0.1) is 0 Å². The number of amides is 3. The molecule has 0 radical (unpaired) electrons. The molecule has 250 valence electrons. The van der Waals surface area contributed by atoms with Crippen molar-refractivity contribution < 1.29 is 39.3 Å². The molecular weight excluding hydrogens is 604 g/mol. The van der Waals surface area contributed by atoms with E-state index in [0.717, 1.165) is 5.56 Å². The lowest BCUT2D eigenvalue weighted by molar-refractivity contribution is -0.140. The van der Waals surface area contributed by atoms with Gasteiger partial charge in [-0.25, -0.2) is 4.79 Å². The monoisotopic (exact) mass is 646 g/mol. The minimum atomic E-state index is -1.12. The highest BCUT2D eigenvalue weighted by Crippen LogP contribution is 2.15. The van der Waals surface area contributed by atoms with E-state index in [4.69, 9.17) is 5.11 Å². The fourth-order valence-electron chi connectivity index (χ4n) is 4.89. The predicted molar refractivity (Wildman–Crippen MR) is 176 cm³/mol. The van der Waals surface area contributed by atoms with Crippen LogP contribution in [0.5, 0.6) is 5.75 Å². The molecule has 0 aliphatic heterocycles. The molecule has 0 saturated carbocycles. The number of hydrogen-bond acceptors (Lipinski definition) is 7. The number of aliphatic carboxylic acids is 1. The number of aromatic carboxylic acids is 1. The number of aryl methyl sites for hydroxylation is 1. The Morgan fingerprint density at radius 1 is 0.681 bits per heavy atom. The lowest BCUT2D eigenvalue weighted by Gasteiger charge is -2.26. The van der Waals surface area contributed by atoms with Crippen LogP contribution < -0.4 is 21.3 Å². The van der Waals surface area contributed by atoms with Crippen LogP contribution >= 0.6 is 0 Å². The van der Waals surface area contributed by atoms with Crippen LogP contribution in [-0.4, -0.2) is 69.1 Å². The summed E-state index contributed by atoms with van der Waals surface area (Å²) in [5, 5.41) is 39.6. The molecule has 7 N–H and O–H groups in total. The minimum absolute atomic E-state index is 0.0240. The molecular formula is C35H42N4O8. The van der Waals surface area contributed by atoms with Crippen LogP contribution in [0.1, 0.15) is 55.1 Å². The molecule has 0 heterocycles. The molecule has 3 aromatic carbocycles. The maximum absolute atomic E-state index is 13.6. The third-order valence-corrected chi connectivity index (χ3v) is 7.46. The second kappa shape index (κ2) is 17.5. The number of hydrogen-bond donors (Lipinski definition) is 7. The van der Waals surface area contributed by atoms with Gasteiger partial charge in [-0.05, 0) is 79.6 Å². The summed E-state index contributed by atoms with van der Waals surface area (Å²) in [6.07, 6.45) is 1.03. The Morgan fingerprint density at radius 2 is 1.30 bits per heavy atom. The van der Waals surface area contributed by atoms with E-state index in [9.17, 15) is 34.2 Å². The van der Waals surface area contributed by atoms with Gasteiger partial charge >= 0.3 is 11.9 Å². The van der Waals surface area contributed by atoms with Crippen LogP contribution in [0.3, 0.4) is 0 Å². The molecule has 12 heteroatoms. The summed E-state index contributed by atoms with van der Waals surface area (Å²) >= 11 is 0. The number of phenols is 1. The Kier molecular flexibility index (Phi) is 13.5. The number of carboxylic acids is 2. The molecule has 0 bridgehead atoms. The summed E-state index contributed by atoms with van der Waals surface area (Å²) < 4.78 is 0. The highest BCUT2D eigenvalue weighted by atomic mass is 16.4. The second-order valence-corrected chi connectivity index (χ2v) is 11.8. The van der Waals surface area contributed by atoms with Gasteiger partial charge in [-0.1, -0.05) is 56.3 Å². The normalized spacial score (nSPS) is 13.5. The molecule has 0 fully saturated rings. The molecule has 47 heavy (non-hydrogen) atoms. The summed E-state index contributed by atoms with van der Waals surface area (Å²) in [5.74, 6) is -3.98. The number of benzene rings is 3. The van der Waals surface area contributed by atoms with Crippen molar-refractivity contribution in [3.8, 4) is 5.75 Å². The van der Waals surface area contributed by atoms with Crippen molar-refractivity contribution in [2.75, 3.05) is 5.32 Å². The molecule has 3 rings (SSSR count). The van der Waals surface area contributed by atoms with Crippen LogP contribution in [0.4, 0.5) is 5.69 Å². The summed E-state index contributed by atoms with van der Waals surface area (Å²) in [4.78, 5) is 63.4. The molecule has 4 atom stereocenters. The first-order chi connectivity index (χ1) is 22.3. The Morgan fingerprint density at radius 3 is 1.87 bits per heavy atom. The van der Waals surface area contributed by atoms with Crippen molar-refractivity contribution in [3.63, 3.8) is 0 Å². The number of anilines is 1. The Hall–Kier alpha value is -5.23. The van der Waals surface area contributed by atoms with E-state index < -0.39 is 53.8 Å². The maximum atomic E-state index is 13.6. The van der Waals surface area contributed by atoms with Gasteiger partial charge in [0.25, 0.3) is 0 Å². The van der Waals surface area contributed by atoms with Gasteiger partial charge in [0.2, 0.25) is 17.7 Å². The van der Waals surface area contributed by atoms with Gasteiger partial charge in [0.1, 0.15) is 23.9 Å². The van der Waals surface area contributed by atoms with Crippen molar-refractivity contribution >= 4 is 35.3 Å². The lowest BCUT2D eigenvalue weighted by atomic mass is 10.0. The largest absolute Gasteiger partial charge is 0.508 e. The number of nitrogens with one attached hydrogen (secondary N) is 4. The number of carbonyl (C=O) groups excluding carboxylic acids is 3. The molecule has 12 nitrogen and oxygen atoms in total. The SMILES string of the molecule is CC(C)C[C@H](NC(=O)[C@H](C)N[C@H](CCc1ccccc1)C(=O)O)C(=O)N[C@@H](Cc1ccc(O)cc1)C(=O)Nc1ccc(C(=O)O)cc1. The summed E-state index contributed by atoms with van der Waals surface area (Å²) in [7, 11) is 0. The highest BCUT2D eigenvalue weighted by molar-refractivity contribution is 5.99. The maximum Gasteiger partial charge on any atom is 0.335 e. The molecule has 3 aromatic rings. The van der Waals surface area contributed by atoms with Crippen molar-refractivity contribution in [1.82, 2.24) is 16.0 Å². The van der Waals surface area contributed by atoms with E-state index in [2.05, 4.69) is 21.3 Å². The molecule has 0 saturated heterocycles.